The van der Waals surface area contributed by atoms with Gasteiger partial charge in [0.15, 0.2) is 0 Å². The fourth-order valence-corrected chi connectivity index (χ4v) is 3.06. The number of imidazole rings is 1. The Morgan fingerprint density at radius 1 is 1.28 bits per heavy atom. The third-order valence-electron chi connectivity index (χ3n) is 3.87. The summed E-state index contributed by atoms with van der Waals surface area (Å²) in [5, 5.41) is 12.3. The van der Waals surface area contributed by atoms with E-state index in [-0.39, 0.29) is 0 Å². The topological polar surface area (TPSA) is 81.7 Å². The van der Waals surface area contributed by atoms with Crippen LogP contribution >= 0.6 is 15.9 Å². The van der Waals surface area contributed by atoms with Crippen molar-refractivity contribution in [3.8, 4) is 11.5 Å². The average molecular weight is 399 g/mol. The molecule has 0 saturated carbocycles. The highest BCUT2D eigenvalue weighted by Crippen LogP contribution is 2.33. The molecule has 0 aliphatic heterocycles. The van der Waals surface area contributed by atoms with Gasteiger partial charge in [0.25, 0.3) is 5.89 Å². The van der Waals surface area contributed by atoms with Crippen LogP contribution in [0.4, 0.5) is 5.69 Å². The van der Waals surface area contributed by atoms with Crippen LogP contribution in [0.5, 0.6) is 0 Å². The van der Waals surface area contributed by atoms with E-state index >= 15 is 0 Å². The number of fused-ring (bicyclic) bond motifs is 1. The summed E-state index contributed by atoms with van der Waals surface area (Å²) < 4.78 is 8.43. The predicted molar refractivity (Wildman–Crippen MR) is 98.1 cm³/mol. The van der Waals surface area contributed by atoms with Gasteiger partial charge in [-0.3, -0.25) is 4.98 Å². The molecule has 0 aliphatic carbocycles. The maximum atomic E-state index is 5.38. The number of hydrogen-bond acceptors (Lipinski definition) is 6. The van der Waals surface area contributed by atoms with Crippen molar-refractivity contribution in [1.29, 1.82) is 0 Å². The van der Waals surface area contributed by atoms with Gasteiger partial charge in [0.05, 0.1) is 23.1 Å². The molecule has 7 nitrogen and oxygen atoms in total. The summed E-state index contributed by atoms with van der Waals surface area (Å²) in [6, 6.07) is 6.00. The molecule has 0 fully saturated rings. The third kappa shape index (κ3) is 3.39. The number of halogens is 1. The van der Waals surface area contributed by atoms with Gasteiger partial charge in [-0.1, -0.05) is 15.9 Å². The minimum atomic E-state index is 0.450. The van der Waals surface area contributed by atoms with Gasteiger partial charge in [-0.15, -0.1) is 10.2 Å². The molecular formula is C17H15BrN6O. The number of aromatic nitrogens is 5. The lowest BCUT2D eigenvalue weighted by molar-refractivity contribution is 0.568. The predicted octanol–water partition coefficient (Wildman–Crippen LogP) is 3.75. The first kappa shape index (κ1) is 15.8. The first-order valence-corrected chi connectivity index (χ1v) is 8.65. The number of benzene rings is 1. The Morgan fingerprint density at radius 3 is 3.04 bits per heavy atom. The second-order valence-corrected chi connectivity index (χ2v) is 6.45. The van der Waals surface area contributed by atoms with Gasteiger partial charge in [-0.05, 0) is 24.6 Å². The van der Waals surface area contributed by atoms with Gasteiger partial charge in [0.1, 0.15) is 0 Å². The number of nitrogens with zero attached hydrogens (tertiary/aromatic N) is 5. The molecule has 8 heteroatoms. The molecular weight excluding hydrogens is 384 g/mol. The standard InChI is InChI=1S/C17H15BrN6O/c18-12-2-3-15-13(8-12)16(14(9-21-15)17-23-22-11-25-17)20-4-1-6-24-7-5-19-10-24/h2-3,5,7-11H,1,4,6H2,(H,20,21). The maximum Gasteiger partial charge on any atom is 0.251 e. The van der Waals surface area contributed by atoms with Crippen LogP contribution in [0.2, 0.25) is 0 Å². The molecule has 0 aliphatic rings. The van der Waals surface area contributed by atoms with Gasteiger partial charge < -0.3 is 14.3 Å². The van der Waals surface area contributed by atoms with E-state index in [1.54, 1.807) is 12.4 Å². The summed E-state index contributed by atoms with van der Waals surface area (Å²) in [5.74, 6) is 0.450. The Balaban J connectivity index is 1.64. The van der Waals surface area contributed by atoms with Crippen molar-refractivity contribution in [3.63, 3.8) is 0 Å². The van der Waals surface area contributed by atoms with Crippen LogP contribution < -0.4 is 5.32 Å². The van der Waals surface area contributed by atoms with Crippen LogP contribution in [0.15, 0.2) is 58.4 Å². The number of hydrogen-bond donors (Lipinski definition) is 1. The first-order valence-electron chi connectivity index (χ1n) is 7.86. The highest BCUT2D eigenvalue weighted by atomic mass is 79.9. The lowest BCUT2D eigenvalue weighted by Crippen LogP contribution is -2.07. The van der Waals surface area contributed by atoms with E-state index in [1.807, 2.05) is 30.7 Å². The lowest BCUT2D eigenvalue weighted by atomic mass is 10.1. The number of nitrogens with one attached hydrogen (secondary N) is 1. The second kappa shape index (κ2) is 7.02. The van der Waals surface area contributed by atoms with Crippen molar-refractivity contribution < 1.29 is 4.42 Å². The van der Waals surface area contributed by atoms with Gasteiger partial charge in [-0.2, -0.15) is 0 Å². The number of anilines is 1. The quantitative estimate of drug-likeness (QED) is 0.498. The Labute approximate surface area is 152 Å². The molecule has 0 amide bonds. The van der Waals surface area contributed by atoms with Crippen LogP contribution in [-0.4, -0.2) is 31.3 Å². The number of pyridine rings is 1. The monoisotopic (exact) mass is 398 g/mol. The Kier molecular flexibility index (Phi) is 4.43. The maximum absolute atomic E-state index is 5.38. The van der Waals surface area contributed by atoms with E-state index < -0.39 is 0 Å². The molecule has 25 heavy (non-hydrogen) atoms. The van der Waals surface area contributed by atoms with Gasteiger partial charge in [0.2, 0.25) is 6.39 Å². The van der Waals surface area contributed by atoms with E-state index in [9.17, 15) is 0 Å². The van der Waals surface area contributed by atoms with E-state index in [4.69, 9.17) is 4.42 Å². The van der Waals surface area contributed by atoms with Crippen LogP contribution in [-0.2, 0) is 6.54 Å². The van der Waals surface area contributed by atoms with Crippen molar-refractivity contribution in [1.82, 2.24) is 24.7 Å². The molecule has 0 saturated heterocycles. The number of aryl methyl sites for hydroxylation is 1. The normalized spacial score (nSPS) is 11.1. The molecule has 3 heterocycles. The summed E-state index contributed by atoms with van der Waals surface area (Å²) >= 11 is 3.53. The zero-order chi connectivity index (χ0) is 17.1. The lowest BCUT2D eigenvalue weighted by Gasteiger charge is -2.13. The SMILES string of the molecule is Brc1ccc2ncc(-c3nnco3)c(NCCCn3ccnc3)c2c1. The molecule has 4 rings (SSSR count). The van der Waals surface area contributed by atoms with E-state index in [2.05, 4.69) is 46.0 Å². The Morgan fingerprint density at radius 2 is 2.24 bits per heavy atom. The fraction of sp³-hybridized carbons (Fsp3) is 0.176. The van der Waals surface area contributed by atoms with Crippen molar-refractivity contribution >= 4 is 32.5 Å². The van der Waals surface area contributed by atoms with Crippen molar-refractivity contribution in [3.05, 3.63) is 54.0 Å². The molecule has 0 unspecified atom stereocenters. The van der Waals surface area contributed by atoms with Crippen LogP contribution in [0.25, 0.3) is 22.4 Å². The van der Waals surface area contributed by atoms with Gasteiger partial charge in [0, 0.05) is 41.5 Å². The minimum Gasteiger partial charge on any atom is -0.423 e. The molecule has 0 radical (unpaired) electrons. The van der Waals surface area contributed by atoms with Crippen molar-refractivity contribution in [2.24, 2.45) is 0 Å². The molecule has 1 N–H and O–H groups in total. The highest BCUT2D eigenvalue weighted by Gasteiger charge is 2.14. The molecule has 126 valence electrons. The summed E-state index contributed by atoms with van der Waals surface area (Å²) in [6.07, 6.45) is 9.61. The van der Waals surface area contributed by atoms with E-state index in [1.165, 1.54) is 6.39 Å². The average Bonchev–Trinajstić information content (AvgIpc) is 3.32. The Hall–Kier alpha value is -2.74. The molecule has 3 aromatic heterocycles. The smallest absolute Gasteiger partial charge is 0.251 e. The molecule has 0 atom stereocenters. The van der Waals surface area contributed by atoms with Gasteiger partial charge >= 0.3 is 0 Å². The van der Waals surface area contributed by atoms with Crippen LogP contribution in [0.1, 0.15) is 6.42 Å². The zero-order valence-corrected chi connectivity index (χ0v) is 14.8. The molecule has 1 aromatic carbocycles. The third-order valence-corrected chi connectivity index (χ3v) is 4.37. The van der Waals surface area contributed by atoms with Crippen LogP contribution in [0, 0.1) is 0 Å². The van der Waals surface area contributed by atoms with Gasteiger partial charge in [-0.25, -0.2) is 4.98 Å². The minimum absolute atomic E-state index is 0.450. The molecule has 4 aromatic rings. The summed E-state index contributed by atoms with van der Waals surface area (Å²) in [6.45, 7) is 1.69. The largest absolute Gasteiger partial charge is 0.423 e. The zero-order valence-electron chi connectivity index (χ0n) is 13.3. The summed E-state index contributed by atoms with van der Waals surface area (Å²) in [7, 11) is 0. The second-order valence-electron chi connectivity index (χ2n) is 5.53. The first-order chi connectivity index (χ1) is 12.3. The molecule has 0 bridgehead atoms. The van der Waals surface area contributed by atoms with E-state index in [0.29, 0.717) is 5.89 Å². The molecule has 0 spiro atoms. The van der Waals surface area contributed by atoms with E-state index in [0.717, 1.165) is 46.1 Å². The summed E-state index contributed by atoms with van der Waals surface area (Å²) in [5.41, 5.74) is 2.65. The number of rotatable bonds is 6. The highest BCUT2D eigenvalue weighted by molar-refractivity contribution is 9.10. The Bertz CT molecular complexity index is 968. The van der Waals surface area contributed by atoms with Crippen molar-refractivity contribution in [2.45, 2.75) is 13.0 Å². The summed E-state index contributed by atoms with van der Waals surface area (Å²) in [4.78, 5) is 8.57. The van der Waals surface area contributed by atoms with Crippen LogP contribution in [0.3, 0.4) is 0 Å². The fourth-order valence-electron chi connectivity index (χ4n) is 2.70. The van der Waals surface area contributed by atoms with Crippen molar-refractivity contribution in [2.75, 3.05) is 11.9 Å².